The highest BCUT2D eigenvalue weighted by Gasteiger charge is 2.15. The number of methoxy groups -OCH3 is 3. The maximum absolute atomic E-state index is 5.55. The first-order valence-electron chi connectivity index (χ1n) is 9.82. The number of ether oxygens (including phenoxy) is 3. The lowest BCUT2D eigenvalue weighted by Gasteiger charge is -2.18. The van der Waals surface area contributed by atoms with Crippen molar-refractivity contribution >= 4 is 5.96 Å². The van der Waals surface area contributed by atoms with Gasteiger partial charge in [0, 0.05) is 25.7 Å². The Morgan fingerprint density at radius 1 is 1.00 bits per heavy atom. The molecule has 0 aromatic heterocycles. The summed E-state index contributed by atoms with van der Waals surface area (Å²) < 4.78 is 16.4. The molecule has 0 aliphatic heterocycles. The van der Waals surface area contributed by atoms with E-state index in [1.54, 1.807) is 28.4 Å². The van der Waals surface area contributed by atoms with Gasteiger partial charge in [-0.1, -0.05) is 42.8 Å². The van der Waals surface area contributed by atoms with Gasteiger partial charge in [-0.05, 0) is 30.9 Å². The van der Waals surface area contributed by atoms with E-state index in [1.807, 2.05) is 12.1 Å². The van der Waals surface area contributed by atoms with Crippen LogP contribution in [0.2, 0.25) is 0 Å². The molecule has 158 valence electrons. The van der Waals surface area contributed by atoms with Crippen molar-refractivity contribution in [2.45, 2.75) is 26.2 Å². The van der Waals surface area contributed by atoms with Gasteiger partial charge in [-0.2, -0.15) is 0 Å². The number of rotatable bonds is 9. The van der Waals surface area contributed by atoms with Crippen molar-refractivity contribution in [1.29, 1.82) is 0 Å². The summed E-state index contributed by atoms with van der Waals surface area (Å²) in [5.74, 6) is 3.14. The van der Waals surface area contributed by atoms with E-state index in [-0.39, 0.29) is 0 Å². The molecule has 1 atom stereocenters. The van der Waals surface area contributed by atoms with Crippen molar-refractivity contribution in [2.24, 2.45) is 4.99 Å². The van der Waals surface area contributed by atoms with E-state index < -0.39 is 0 Å². The Bertz CT molecular complexity index is 821. The molecule has 2 N–H and O–H groups in total. The van der Waals surface area contributed by atoms with Crippen LogP contribution in [0.3, 0.4) is 0 Å². The first-order valence-corrected chi connectivity index (χ1v) is 9.82. The monoisotopic (exact) mass is 399 g/mol. The summed E-state index contributed by atoms with van der Waals surface area (Å²) in [4.78, 5) is 4.32. The largest absolute Gasteiger partial charge is 0.493 e. The summed E-state index contributed by atoms with van der Waals surface area (Å²) in [6, 6.07) is 12.5. The van der Waals surface area contributed by atoms with E-state index in [4.69, 9.17) is 14.2 Å². The van der Waals surface area contributed by atoms with Crippen LogP contribution in [-0.2, 0) is 6.42 Å². The number of nitrogens with zero attached hydrogens (tertiary/aromatic N) is 1. The van der Waals surface area contributed by atoms with Gasteiger partial charge in [0.05, 0.1) is 21.3 Å². The van der Waals surface area contributed by atoms with Crippen molar-refractivity contribution in [3.63, 3.8) is 0 Å². The number of nitrogens with one attached hydrogen (secondary N) is 2. The highest BCUT2D eigenvalue weighted by Crippen LogP contribution is 2.39. The Morgan fingerprint density at radius 2 is 1.76 bits per heavy atom. The molecule has 2 aromatic carbocycles. The Balaban J connectivity index is 1.92. The second-order valence-corrected chi connectivity index (χ2v) is 6.94. The molecule has 0 bridgehead atoms. The summed E-state index contributed by atoms with van der Waals surface area (Å²) in [5, 5.41) is 6.77. The standard InChI is InChI=1S/C23H33N3O3/c1-16-8-7-9-19(14-16)17(2)15-26-23(24-3)25-13-12-18-10-11-20(27-4)22(29-6)21(18)28-5/h7-11,14,17H,12-13,15H2,1-6H3,(H2,24,25,26). The van der Waals surface area contributed by atoms with Gasteiger partial charge in [0.15, 0.2) is 17.5 Å². The van der Waals surface area contributed by atoms with Crippen LogP contribution >= 0.6 is 0 Å². The van der Waals surface area contributed by atoms with Gasteiger partial charge in [-0.3, -0.25) is 4.99 Å². The zero-order chi connectivity index (χ0) is 21.2. The molecule has 6 nitrogen and oxygen atoms in total. The summed E-state index contributed by atoms with van der Waals surface area (Å²) in [5.41, 5.74) is 3.64. The molecule has 0 saturated heterocycles. The van der Waals surface area contributed by atoms with Gasteiger partial charge in [0.25, 0.3) is 0 Å². The van der Waals surface area contributed by atoms with E-state index in [2.05, 4.69) is 53.7 Å². The smallest absolute Gasteiger partial charge is 0.203 e. The molecule has 2 aromatic rings. The van der Waals surface area contributed by atoms with Crippen molar-refractivity contribution in [3.05, 3.63) is 53.1 Å². The van der Waals surface area contributed by atoms with Crippen molar-refractivity contribution in [1.82, 2.24) is 10.6 Å². The topological polar surface area (TPSA) is 64.1 Å². The first-order chi connectivity index (χ1) is 14.0. The lowest BCUT2D eigenvalue weighted by atomic mass is 9.99. The number of benzene rings is 2. The molecule has 1 unspecified atom stereocenters. The Kier molecular flexibility index (Phi) is 8.65. The first kappa shape index (κ1) is 22.4. The van der Waals surface area contributed by atoms with E-state index in [9.17, 15) is 0 Å². The summed E-state index contributed by atoms with van der Waals surface area (Å²) >= 11 is 0. The van der Waals surface area contributed by atoms with Crippen LogP contribution in [0.1, 0.15) is 29.5 Å². The summed E-state index contributed by atoms with van der Waals surface area (Å²) in [6.07, 6.45) is 0.762. The molecule has 0 spiro atoms. The van der Waals surface area contributed by atoms with Crippen molar-refractivity contribution in [3.8, 4) is 17.2 Å². The summed E-state index contributed by atoms with van der Waals surface area (Å²) in [6.45, 7) is 5.85. The predicted octanol–water partition coefficient (Wildman–Crippen LogP) is 3.53. The third-order valence-electron chi connectivity index (χ3n) is 4.88. The van der Waals surface area contributed by atoms with Crippen molar-refractivity contribution < 1.29 is 14.2 Å². The summed E-state index contributed by atoms with van der Waals surface area (Å²) in [7, 11) is 6.65. The lowest BCUT2D eigenvalue weighted by molar-refractivity contribution is 0.322. The van der Waals surface area contributed by atoms with Gasteiger partial charge < -0.3 is 24.8 Å². The molecule has 0 aliphatic rings. The van der Waals surface area contributed by atoms with Crippen LogP contribution in [0, 0.1) is 6.92 Å². The molecule has 0 heterocycles. The fourth-order valence-electron chi connectivity index (χ4n) is 3.24. The van der Waals surface area contributed by atoms with E-state index in [1.165, 1.54) is 11.1 Å². The average Bonchev–Trinajstić information content (AvgIpc) is 2.75. The SMILES string of the molecule is CN=C(NCCc1ccc(OC)c(OC)c1OC)NCC(C)c1cccc(C)c1. The second-order valence-electron chi connectivity index (χ2n) is 6.94. The Hall–Kier alpha value is -2.89. The zero-order valence-corrected chi connectivity index (χ0v) is 18.3. The zero-order valence-electron chi connectivity index (χ0n) is 18.3. The molecular weight excluding hydrogens is 366 g/mol. The Morgan fingerprint density at radius 3 is 2.38 bits per heavy atom. The van der Waals surface area contributed by atoms with E-state index in [0.717, 1.165) is 24.5 Å². The highest BCUT2D eigenvalue weighted by atomic mass is 16.5. The van der Waals surface area contributed by atoms with E-state index in [0.29, 0.717) is 29.7 Å². The minimum absolute atomic E-state index is 0.388. The molecule has 29 heavy (non-hydrogen) atoms. The second kappa shape index (κ2) is 11.2. The number of hydrogen-bond acceptors (Lipinski definition) is 4. The minimum atomic E-state index is 0.388. The third-order valence-corrected chi connectivity index (χ3v) is 4.88. The predicted molar refractivity (Wildman–Crippen MR) is 119 cm³/mol. The van der Waals surface area contributed by atoms with Crippen LogP contribution in [0.5, 0.6) is 17.2 Å². The van der Waals surface area contributed by atoms with Crippen LogP contribution in [0.25, 0.3) is 0 Å². The molecular formula is C23H33N3O3. The number of hydrogen-bond donors (Lipinski definition) is 2. The highest BCUT2D eigenvalue weighted by molar-refractivity contribution is 5.79. The van der Waals surface area contributed by atoms with Gasteiger partial charge >= 0.3 is 0 Å². The molecule has 0 aliphatic carbocycles. The van der Waals surface area contributed by atoms with Crippen molar-refractivity contribution in [2.75, 3.05) is 41.5 Å². The quantitative estimate of drug-likeness (QED) is 0.499. The fourth-order valence-corrected chi connectivity index (χ4v) is 3.24. The van der Waals surface area contributed by atoms with Crippen LogP contribution in [0.4, 0.5) is 0 Å². The third kappa shape index (κ3) is 6.04. The van der Waals surface area contributed by atoms with Gasteiger partial charge in [0.1, 0.15) is 0 Å². The average molecular weight is 400 g/mol. The maximum atomic E-state index is 5.55. The molecule has 6 heteroatoms. The Labute approximate surface area is 174 Å². The minimum Gasteiger partial charge on any atom is -0.493 e. The van der Waals surface area contributed by atoms with Gasteiger partial charge in [-0.15, -0.1) is 0 Å². The molecule has 0 radical (unpaired) electrons. The van der Waals surface area contributed by atoms with Crippen LogP contribution < -0.4 is 24.8 Å². The molecule has 0 amide bonds. The van der Waals surface area contributed by atoms with E-state index >= 15 is 0 Å². The van der Waals surface area contributed by atoms with Crippen LogP contribution in [-0.4, -0.2) is 47.4 Å². The molecule has 2 rings (SSSR count). The molecule has 0 saturated carbocycles. The maximum Gasteiger partial charge on any atom is 0.203 e. The van der Waals surface area contributed by atoms with Crippen LogP contribution in [0.15, 0.2) is 41.4 Å². The number of guanidine groups is 1. The normalized spacial score (nSPS) is 12.3. The molecule has 0 fully saturated rings. The van der Waals surface area contributed by atoms with Gasteiger partial charge in [0.2, 0.25) is 5.75 Å². The number of aryl methyl sites for hydroxylation is 1. The number of aliphatic imine (C=N–C) groups is 1. The van der Waals surface area contributed by atoms with Gasteiger partial charge in [-0.25, -0.2) is 0 Å². The lowest BCUT2D eigenvalue weighted by Crippen LogP contribution is -2.39. The fraction of sp³-hybridized carbons (Fsp3) is 0.435.